The van der Waals surface area contributed by atoms with Gasteiger partial charge in [-0.25, -0.2) is 0 Å². The van der Waals surface area contributed by atoms with E-state index in [9.17, 15) is 9.90 Å². The lowest BCUT2D eigenvalue weighted by Gasteiger charge is -2.11. The van der Waals surface area contributed by atoms with Gasteiger partial charge in [-0.05, 0) is 37.0 Å². The summed E-state index contributed by atoms with van der Waals surface area (Å²) in [5.74, 6) is 0.631. The Labute approximate surface area is 105 Å². The van der Waals surface area contributed by atoms with Gasteiger partial charge in [0, 0.05) is 17.0 Å². The second-order valence-electron chi connectivity index (χ2n) is 4.38. The molecule has 3 nitrogen and oxygen atoms in total. The van der Waals surface area contributed by atoms with Crippen LogP contribution in [0.15, 0.2) is 18.2 Å². The Morgan fingerprint density at radius 3 is 2.88 bits per heavy atom. The van der Waals surface area contributed by atoms with Crippen molar-refractivity contribution >= 4 is 17.4 Å². The molecule has 1 atom stereocenters. The lowest BCUT2D eigenvalue weighted by Crippen LogP contribution is -2.24. The van der Waals surface area contributed by atoms with E-state index in [0.717, 1.165) is 18.4 Å². The van der Waals surface area contributed by atoms with Gasteiger partial charge >= 0.3 is 0 Å². The van der Waals surface area contributed by atoms with Crippen molar-refractivity contribution in [1.82, 2.24) is 0 Å². The molecule has 0 bridgehead atoms. The van der Waals surface area contributed by atoms with Crippen LogP contribution >= 0.6 is 11.6 Å². The first-order valence-electron chi connectivity index (χ1n) is 5.65. The van der Waals surface area contributed by atoms with E-state index in [1.165, 1.54) is 0 Å². The Balaban J connectivity index is 2.11. The summed E-state index contributed by atoms with van der Waals surface area (Å²) in [6, 6.07) is 5.15. The van der Waals surface area contributed by atoms with E-state index < -0.39 is 6.10 Å². The number of ketones is 1. The average molecular weight is 255 g/mol. The molecule has 0 saturated heterocycles. The maximum absolute atomic E-state index is 11.8. The maximum atomic E-state index is 11.8. The normalized spacial score (nSPS) is 16.6. The summed E-state index contributed by atoms with van der Waals surface area (Å²) < 4.78 is 5.16. The number of aliphatic hydroxyl groups excluding tert-OH is 1. The van der Waals surface area contributed by atoms with E-state index in [-0.39, 0.29) is 18.1 Å². The number of ether oxygens (including phenoxy) is 1. The number of halogens is 1. The van der Waals surface area contributed by atoms with Crippen LogP contribution in [-0.4, -0.2) is 24.1 Å². The standard InChI is InChI=1S/C13H15ClO3/c1-17-12-5-4-10(14)6-9(12)7-11(15)13(16)8-2-3-8/h4-6,8,13,16H,2-3,7H2,1H3. The maximum Gasteiger partial charge on any atom is 0.166 e. The summed E-state index contributed by atoms with van der Waals surface area (Å²) in [7, 11) is 1.55. The molecule has 1 aromatic carbocycles. The van der Waals surface area contributed by atoms with Crippen LogP contribution < -0.4 is 4.74 Å². The molecule has 1 aliphatic rings. The van der Waals surface area contributed by atoms with Gasteiger partial charge in [0.2, 0.25) is 0 Å². The Morgan fingerprint density at radius 1 is 1.59 bits per heavy atom. The van der Waals surface area contributed by atoms with E-state index in [1.54, 1.807) is 25.3 Å². The summed E-state index contributed by atoms with van der Waals surface area (Å²) in [4.78, 5) is 11.8. The summed E-state index contributed by atoms with van der Waals surface area (Å²) in [6.07, 6.45) is 1.22. The van der Waals surface area contributed by atoms with Gasteiger partial charge in [-0.15, -0.1) is 0 Å². The molecule has 1 fully saturated rings. The van der Waals surface area contributed by atoms with Gasteiger partial charge in [0.05, 0.1) is 7.11 Å². The second-order valence-corrected chi connectivity index (χ2v) is 4.82. The Morgan fingerprint density at radius 2 is 2.29 bits per heavy atom. The van der Waals surface area contributed by atoms with Crippen LogP contribution in [0, 0.1) is 5.92 Å². The Kier molecular flexibility index (Phi) is 3.69. The van der Waals surface area contributed by atoms with Crippen molar-refractivity contribution in [3.8, 4) is 5.75 Å². The van der Waals surface area contributed by atoms with Gasteiger partial charge in [-0.3, -0.25) is 4.79 Å². The highest BCUT2D eigenvalue weighted by Crippen LogP contribution is 2.34. The highest BCUT2D eigenvalue weighted by Gasteiger charge is 2.34. The van der Waals surface area contributed by atoms with Gasteiger partial charge in [0.25, 0.3) is 0 Å². The Hall–Kier alpha value is -1.06. The first-order chi connectivity index (χ1) is 8.11. The molecule has 1 saturated carbocycles. The topological polar surface area (TPSA) is 46.5 Å². The molecule has 1 unspecified atom stereocenters. The van der Waals surface area contributed by atoms with Crippen molar-refractivity contribution in [3.63, 3.8) is 0 Å². The zero-order valence-electron chi connectivity index (χ0n) is 9.65. The van der Waals surface area contributed by atoms with Crippen molar-refractivity contribution in [2.24, 2.45) is 5.92 Å². The molecule has 0 heterocycles. The molecule has 1 N–H and O–H groups in total. The molecule has 1 aliphatic carbocycles. The van der Waals surface area contributed by atoms with Gasteiger partial charge in [-0.1, -0.05) is 11.6 Å². The number of carbonyl (C=O) groups is 1. The largest absolute Gasteiger partial charge is 0.496 e. The van der Waals surface area contributed by atoms with E-state index in [2.05, 4.69) is 0 Å². The summed E-state index contributed by atoms with van der Waals surface area (Å²) in [6.45, 7) is 0. The van der Waals surface area contributed by atoms with Gasteiger partial charge in [-0.2, -0.15) is 0 Å². The zero-order valence-corrected chi connectivity index (χ0v) is 10.4. The lowest BCUT2D eigenvalue weighted by molar-refractivity contribution is -0.127. The number of hydrogen-bond donors (Lipinski definition) is 1. The highest BCUT2D eigenvalue weighted by molar-refractivity contribution is 6.30. The fourth-order valence-electron chi connectivity index (χ4n) is 1.85. The molecule has 0 amide bonds. The van der Waals surface area contributed by atoms with E-state index in [0.29, 0.717) is 10.8 Å². The molecule has 4 heteroatoms. The minimum Gasteiger partial charge on any atom is -0.496 e. The molecule has 1 aromatic rings. The van der Waals surface area contributed by atoms with Crippen LogP contribution in [0.2, 0.25) is 5.02 Å². The fourth-order valence-corrected chi connectivity index (χ4v) is 2.05. The number of hydrogen-bond acceptors (Lipinski definition) is 3. The smallest absolute Gasteiger partial charge is 0.166 e. The molecule has 17 heavy (non-hydrogen) atoms. The Bertz CT molecular complexity index is 427. The van der Waals surface area contributed by atoms with Crippen LogP contribution in [0.1, 0.15) is 18.4 Å². The van der Waals surface area contributed by atoms with Gasteiger partial charge in [0.1, 0.15) is 11.9 Å². The summed E-state index contributed by atoms with van der Waals surface area (Å²) in [5, 5.41) is 10.3. The van der Waals surface area contributed by atoms with Crippen LogP contribution in [0.25, 0.3) is 0 Å². The summed E-state index contributed by atoms with van der Waals surface area (Å²) >= 11 is 5.88. The average Bonchev–Trinajstić information content (AvgIpc) is 3.12. The zero-order chi connectivity index (χ0) is 12.4. The number of benzene rings is 1. The third-order valence-electron chi connectivity index (χ3n) is 3.01. The number of rotatable bonds is 5. The minimum absolute atomic E-state index is 0.159. The molecule has 0 spiro atoms. The van der Waals surface area contributed by atoms with E-state index in [1.807, 2.05) is 0 Å². The predicted octanol–water partition coefficient (Wildman–Crippen LogP) is 2.23. The van der Waals surface area contributed by atoms with Gasteiger partial charge in [0.15, 0.2) is 5.78 Å². The van der Waals surface area contributed by atoms with Crippen molar-refractivity contribution in [1.29, 1.82) is 0 Å². The molecular formula is C13H15ClO3. The van der Waals surface area contributed by atoms with Crippen LogP contribution in [0.3, 0.4) is 0 Å². The third kappa shape index (κ3) is 2.99. The molecule has 0 aromatic heterocycles. The molecule has 2 rings (SSSR count). The second kappa shape index (κ2) is 5.07. The summed E-state index contributed by atoms with van der Waals surface area (Å²) in [5.41, 5.74) is 0.727. The molecule has 0 aliphatic heterocycles. The van der Waals surface area contributed by atoms with Gasteiger partial charge < -0.3 is 9.84 Å². The molecule has 92 valence electrons. The number of methoxy groups -OCH3 is 1. The molecule has 0 radical (unpaired) electrons. The van der Waals surface area contributed by atoms with Crippen molar-refractivity contribution in [2.45, 2.75) is 25.4 Å². The lowest BCUT2D eigenvalue weighted by atomic mass is 10.0. The number of aliphatic hydroxyl groups is 1. The minimum atomic E-state index is -0.835. The quantitative estimate of drug-likeness (QED) is 0.877. The first kappa shape index (κ1) is 12.4. The van der Waals surface area contributed by atoms with E-state index >= 15 is 0 Å². The highest BCUT2D eigenvalue weighted by atomic mass is 35.5. The number of Topliss-reactive ketones (excluding diaryl/α,β-unsaturated/α-hetero) is 1. The SMILES string of the molecule is COc1ccc(Cl)cc1CC(=O)C(O)C1CC1. The van der Waals surface area contributed by atoms with Crippen LogP contribution in [-0.2, 0) is 11.2 Å². The number of carbonyl (C=O) groups excluding carboxylic acids is 1. The first-order valence-corrected chi connectivity index (χ1v) is 6.03. The fraction of sp³-hybridized carbons (Fsp3) is 0.462. The van der Waals surface area contributed by atoms with Crippen molar-refractivity contribution in [3.05, 3.63) is 28.8 Å². The molecular weight excluding hydrogens is 240 g/mol. The predicted molar refractivity (Wildman–Crippen MR) is 65.4 cm³/mol. The van der Waals surface area contributed by atoms with Crippen LogP contribution in [0.5, 0.6) is 5.75 Å². The van der Waals surface area contributed by atoms with E-state index in [4.69, 9.17) is 16.3 Å². The van der Waals surface area contributed by atoms with Crippen LogP contribution in [0.4, 0.5) is 0 Å². The monoisotopic (exact) mass is 254 g/mol. The third-order valence-corrected chi connectivity index (χ3v) is 3.24. The van der Waals surface area contributed by atoms with Crippen molar-refractivity contribution in [2.75, 3.05) is 7.11 Å². The van der Waals surface area contributed by atoms with Crippen molar-refractivity contribution < 1.29 is 14.6 Å².